The van der Waals surface area contributed by atoms with E-state index in [1.807, 2.05) is 9.80 Å². The van der Waals surface area contributed by atoms with Gasteiger partial charge in [-0.15, -0.1) is 0 Å². The maximum absolute atomic E-state index is 15.1. The Hall–Kier alpha value is -3.48. The van der Waals surface area contributed by atoms with Crippen LogP contribution < -0.4 is 21.3 Å². The Morgan fingerprint density at radius 2 is 1.75 bits per heavy atom. The van der Waals surface area contributed by atoms with E-state index < -0.39 is 17.9 Å². The number of nitrogen functional groups attached to an aromatic ring is 1. The molecular weight excluding hydrogens is 520 g/mol. The average Bonchev–Trinajstić information content (AvgIpc) is 3.60. The van der Waals surface area contributed by atoms with Gasteiger partial charge in [-0.25, -0.2) is 13.5 Å². The SMILES string of the molecule is Nc1nn2c(c1C(=O)Nc1cncc(F)c1N1CCC(C(=O)N3CCC(N4CCCC4)CC3)CC1)NCC(F)C2. The molecule has 11 nitrogen and oxygen atoms in total. The Morgan fingerprint density at radius 1 is 1.02 bits per heavy atom. The summed E-state index contributed by atoms with van der Waals surface area (Å²) in [6.45, 7) is 4.97. The monoisotopic (exact) mass is 557 g/mol. The number of pyridine rings is 1. The van der Waals surface area contributed by atoms with Crippen molar-refractivity contribution in [3.63, 3.8) is 0 Å². The first-order valence-corrected chi connectivity index (χ1v) is 14.4. The largest absolute Gasteiger partial charge is 0.381 e. The maximum atomic E-state index is 15.1. The molecule has 1 atom stereocenters. The fourth-order valence-electron chi connectivity index (χ4n) is 6.67. The van der Waals surface area contributed by atoms with Crippen LogP contribution in [0.1, 0.15) is 48.9 Å². The van der Waals surface area contributed by atoms with Crippen molar-refractivity contribution in [3.8, 4) is 0 Å². The lowest BCUT2D eigenvalue weighted by atomic mass is 9.93. The molecule has 40 heavy (non-hydrogen) atoms. The van der Waals surface area contributed by atoms with Crippen molar-refractivity contribution in [2.24, 2.45) is 5.92 Å². The number of alkyl halides is 1. The smallest absolute Gasteiger partial charge is 0.263 e. The second-order valence-corrected chi connectivity index (χ2v) is 11.3. The number of hydrogen-bond donors (Lipinski definition) is 3. The van der Waals surface area contributed by atoms with Crippen LogP contribution in [0.15, 0.2) is 12.4 Å². The highest BCUT2D eigenvalue weighted by atomic mass is 19.1. The van der Waals surface area contributed by atoms with Gasteiger partial charge in [-0.3, -0.25) is 14.6 Å². The molecule has 2 aromatic rings. The molecule has 4 N–H and O–H groups in total. The number of carbonyl (C=O) groups excluding carboxylic acids is 2. The van der Waals surface area contributed by atoms with Crippen LogP contribution in [0.3, 0.4) is 0 Å². The zero-order chi connectivity index (χ0) is 27.8. The summed E-state index contributed by atoms with van der Waals surface area (Å²) in [4.78, 5) is 36.9. The summed E-state index contributed by atoms with van der Waals surface area (Å²) < 4.78 is 30.2. The number of aromatic nitrogens is 3. The van der Waals surface area contributed by atoms with Gasteiger partial charge in [0.15, 0.2) is 11.6 Å². The van der Waals surface area contributed by atoms with Gasteiger partial charge in [0.25, 0.3) is 5.91 Å². The molecule has 2 aromatic heterocycles. The van der Waals surface area contributed by atoms with Crippen molar-refractivity contribution < 1.29 is 18.4 Å². The number of nitrogens with one attached hydrogen (secondary N) is 2. The summed E-state index contributed by atoms with van der Waals surface area (Å²) in [6, 6.07) is 0.594. The number of hydrogen-bond acceptors (Lipinski definition) is 8. The van der Waals surface area contributed by atoms with Gasteiger partial charge in [-0.05, 0) is 51.6 Å². The predicted octanol–water partition coefficient (Wildman–Crippen LogP) is 2.32. The summed E-state index contributed by atoms with van der Waals surface area (Å²) in [5.41, 5.74) is 6.51. The van der Waals surface area contributed by atoms with Crippen molar-refractivity contribution in [1.29, 1.82) is 0 Å². The van der Waals surface area contributed by atoms with Crippen LogP contribution in [0.4, 0.5) is 31.8 Å². The maximum Gasteiger partial charge on any atom is 0.263 e. The lowest BCUT2D eigenvalue weighted by Gasteiger charge is -2.40. The fraction of sp³-hybridized carbons (Fsp3) is 0.630. The third-order valence-corrected chi connectivity index (χ3v) is 8.78. The molecule has 4 aliphatic rings. The quantitative estimate of drug-likeness (QED) is 0.512. The molecule has 0 spiro atoms. The number of amides is 2. The normalized spacial score (nSPS) is 22.7. The van der Waals surface area contributed by atoms with Crippen LogP contribution in [0.25, 0.3) is 0 Å². The van der Waals surface area contributed by atoms with E-state index in [4.69, 9.17) is 5.73 Å². The number of carbonyl (C=O) groups is 2. The number of nitrogens with zero attached hydrogens (tertiary/aromatic N) is 6. The Bertz CT molecular complexity index is 1250. The molecule has 13 heteroatoms. The van der Waals surface area contributed by atoms with Crippen molar-refractivity contribution in [1.82, 2.24) is 24.6 Å². The van der Waals surface area contributed by atoms with E-state index in [-0.39, 0.29) is 47.7 Å². The highest BCUT2D eigenvalue weighted by Crippen LogP contribution is 2.34. The van der Waals surface area contributed by atoms with Gasteiger partial charge in [0, 0.05) is 44.7 Å². The molecule has 216 valence electrons. The Labute approximate surface area is 232 Å². The minimum atomic E-state index is -1.14. The molecule has 4 aliphatic heterocycles. The van der Waals surface area contributed by atoms with E-state index in [0.717, 1.165) is 32.1 Å². The summed E-state index contributed by atoms with van der Waals surface area (Å²) in [6.07, 6.45) is 7.21. The molecular formula is C27H37F2N9O2. The second-order valence-electron chi connectivity index (χ2n) is 11.3. The van der Waals surface area contributed by atoms with Gasteiger partial charge in [0.1, 0.15) is 23.2 Å². The Kier molecular flexibility index (Phi) is 7.47. The number of likely N-dealkylation sites (tertiary alicyclic amines) is 2. The summed E-state index contributed by atoms with van der Waals surface area (Å²) in [5.74, 6) is -0.739. The summed E-state index contributed by atoms with van der Waals surface area (Å²) in [7, 11) is 0. The van der Waals surface area contributed by atoms with Crippen molar-refractivity contribution in [2.45, 2.75) is 57.3 Å². The molecule has 3 saturated heterocycles. The topological polar surface area (TPSA) is 125 Å². The van der Waals surface area contributed by atoms with Gasteiger partial charge in [-0.2, -0.15) is 5.10 Å². The molecule has 0 radical (unpaired) electrons. The number of anilines is 4. The molecule has 3 fully saturated rings. The average molecular weight is 558 g/mol. The van der Waals surface area contributed by atoms with Crippen LogP contribution >= 0.6 is 0 Å². The molecule has 6 rings (SSSR count). The lowest BCUT2D eigenvalue weighted by Crippen LogP contribution is -2.49. The van der Waals surface area contributed by atoms with Crippen LogP contribution in [0.5, 0.6) is 0 Å². The predicted molar refractivity (Wildman–Crippen MR) is 148 cm³/mol. The molecule has 0 saturated carbocycles. The fourth-order valence-corrected chi connectivity index (χ4v) is 6.67. The third-order valence-electron chi connectivity index (χ3n) is 8.78. The molecule has 0 bridgehead atoms. The highest BCUT2D eigenvalue weighted by molar-refractivity contribution is 6.12. The lowest BCUT2D eigenvalue weighted by molar-refractivity contribution is -0.137. The van der Waals surface area contributed by atoms with Gasteiger partial charge in [0.2, 0.25) is 5.91 Å². The highest BCUT2D eigenvalue weighted by Gasteiger charge is 2.34. The zero-order valence-corrected chi connectivity index (χ0v) is 22.6. The molecule has 0 aromatic carbocycles. The Balaban J connectivity index is 1.09. The number of nitrogens with two attached hydrogens (primary N) is 1. The number of halogens is 2. The van der Waals surface area contributed by atoms with Crippen molar-refractivity contribution in [2.75, 3.05) is 67.1 Å². The minimum Gasteiger partial charge on any atom is -0.381 e. The molecule has 1 unspecified atom stereocenters. The van der Waals surface area contributed by atoms with E-state index in [2.05, 4.69) is 25.6 Å². The zero-order valence-electron chi connectivity index (χ0n) is 22.6. The summed E-state index contributed by atoms with van der Waals surface area (Å²) >= 11 is 0. The third kappa shape index (κ3) is 5.18. The Morgan fingerprint density at radius 3 is 2.48 bits per heavy atom. The van der Waals surface area contributed by atoms with Crippen LogP contribution in [0, 0.1) is 11.7 Å². The first kappa shape index (κ1) is 26.7. The van der Waals surface area contributed by atoms with E-state index in [1.165, 1.54) is 36.8 Å². The number of rotatable bonds is 5. The van der Waals surface area contributed by atoms with E-state index in [9.17, 15) is 14.0 Å². The van der Waals surface area contributed by atoms with Gasteiger partial charge in [0.05, 0.1) is 24.6 Å². The van der Waals surface area contributed by atoms with Crippen LogP contribution in [-0.2, 0) is 11.3 Å². The number of fused-ring (bicyclic) bond motifs is 1. The van der Waals surface area contributed by atoms with Gasteiger partial charge in [-0.1, -0.05) is 0 Å². The number of piperidine rings is 2. The standard InChI is InChI=1S/C27H37F2N9O2/c28-18-13-32-25-22(24(30)34-38(25)16-18)26(39)33-21-15-31-14-20(29)23(21)36-9-3-17(4-10-36)27(40)37-11-5-19(6-12-37)35-7-1-2-8-35/h14-15,17-19,32H,1-13,16H2,(H2,30,34)(H,33,39). The first-order valence-electron chi connectivity index (χ1n) is 14.4. The second kappa shape index (κ2) is 11.2. The van der Waals surface area contributed by atoms with Crippen molar-refractivity contribution in [3.05, 3.63) is 23.8 Å². The first-order chi connectivity index (χ1) is 19.4. The van der Waals surface area contributed by atoms with Gasteiger partial charge >= 0.3 is 0 Å². The van der Waals surface area contributed by atoms with Crippen LogP contribution in [0.2, 0.25) is 0 Å². The van der Waals surface area contributed by atoms with Gasteiger partial charge < -0.3 is 31.1 Å². The van der Waals surface area contributed by atoms with E-state index >= 15 is 4.39 Å². The molecule has 2 amide bonds. The minimum absolute atomic E-state index is 0.00327. The van der Waals surface area contributed by atoms with Crippen LogP contribution in [-0.4, -0.2) is 94.4 Å². The van der Waals surface area contributed by atoms with E-state index in [1.54, 1.807) is 0 Å². The van der Waals surface area contributed by atoms with E-state index in [0.29, 0.717) is 37.8 Å². The molecule has 0 aliphatic carbocycles. The summed E-state index contributed by atoms with van der Waals surface area (Å²) in [5, 5.41) is 9.67. The van der Waals surface area contributed by atoms with Crippen molar-refractivity contribution >= 4 is 34.8 Å². The molecule has 6 heterocycles.